The van der Waals surface area contributed by atoms with Gasteiger partial charge >= 0.3 is 0 Å². The van der Waals surface area contributed by atoms with Gasteiger partial charge in [-0.1, -0.05) is 12.1 Å². The average Bonchev–Trinajstić information content (AvgIpc) is 2.39. The maximum atomic E-state index is 12.0. The number of amides is 1. The van der Waals surface area contributed by atoms with Crippen molar-refractivity contribution in [2.75, 3.05) is 13.1 Å². The van der Waals surface area contributed by atoms with Crippen LogP contribution in [-0.2, 0) is 4.79 Å². The van der Waals surface area contributed by atoms with Gasteiger partial charge in [0, 0.05) is 13.1 Å². The first-order chi connectivity index (χ1) is 8.62. The van der Waals surface area contributed by atoms with E-state index < -0.39 is 0 Å². The van der Waals surface area contributed by atoms with E-state index in [9.17, 15) is 4.79 Å². The van der Waals surface area contributed by atoms with Crippen molar-refractivity contribution in [3.8, 4) is 11.8 Å². The van der Waals surface area contributed by atoms with Crippen LogP contribution in [0.2, 0.25) is 0 Å². The molecular weight excluding hydrogens is 228 g/mol. The molecule has 0 bridgehead atoms. The minimum absolute atomic E-state index is 0.101. The van der Waals surface area contributed by atoms with Crippen molar-refractivity contribution >= 4 is 12.0 Å². The molecule has 0 spiro atoms. The van der Waals surface area contributed by atoms with E-state index in [4.69, 9.17) is 10.4 Å². The molecule has 0 aromatic heterocycles. The molecule has 1 aromatic rings. The molecule has 94 valence electrons. The quantitative estimate of drug-likeness (QED) is 0.652. The first-order valence-corrected chi connectivity index (χ1v) is 5.82. The summed E-state index contributed by atoms with van der Waals surface area (Å²) in [4.78, 5) is 13.6. The number of hydrogen-bond donors (Lipinski definition) is 1. The van der Waals surface area contributed by atoms with Gasteiger partial charge in [-0.25, -0.2) is 0 Å². The Morgan fingerprint density at radius 3 is 2.33 bits per heavy atom. The van der Waals surface area contributed by atoms with Gasteiger partial charge in [0.15, 0.2) is 0 Å². The second-order valence-electron chi connectivity index (χ2n) is 3.74. The number of hydrogen-bond acceptors (Lipinski definition) is 3. The molecule has 1 aromatic carbocycles. The van der Waals surface area contributed by atoms with E-state index in [1.54, 1.807) is 17.0 Å². The third-order valence-electron chi connectivity index (χ3n) is 2.61. The number of carbonyl (C=O) groups excluding carboxylic acids is 1. The highest BCUT2D eigenvalue weighted by Crippen LogP contribution is 2.13. The summed E-state index contributed by atoms with van der Waals surface area (Å²) < 4.78 is 0. The monoisotopic (exact) mass is 244 g/mol. The van der Waals surface area contributed by atoms with E-state index in [-0.39, 0.29) is 17.2 Å². The van der Waals surface area contributed by atoms with Crippen LogP contribution >= 0.6 is 0 Å². The summed E-state index contributed by atoms with van der Waals surface area (Å²) in [5.41, 5.74) is 0.814. The lowest BCUT2D eigenvalue weighted by atomic mass is 10.1. The molecule has 0 radical (unpaired) electrons. The maximum absolute atomic E-state index is 12.0. The van der Waals surface area contributed by atoms with Gasteiger partial charge in [-0.05, 0) is 37.6 Å². The van der Waals surface area contributed by atoms with Gasteiger partial charge < -0.3 is 10.0 Å². The fourth-order valence-electron chi connectivity index (χ4n) is 1.56. The number of nitrogens with zero attached hydrogens (tertiary/aromatic N) is 2. The lowest BCUT2D eigenvalue weighted by Crippen LogP contribution is -2.31. The van der Waals surface area contributed by atoms with Gasteiger partial charge in [0.05, 0.1) is 0 Å². The highest BCUT2D eigenvalue weighted by molar-refractivity contribution is 6.01. The summed E-state index contributed by atoms with van der Waals surface area (Å²) in [6.07, 6.45) is 1.53. The van der Waals surface area contributed by atoms with Gasteiger partial charge in [-0.2, -0.15) is 5.26 Å². The number of phenols is 1. The zero-order valence-corrected chi connectivity index (χ0v) is 10.6. The van der Waals surface area contributed by atoms with Gasteiger partial charge in [-0.15, -0.1) is 0 Å². The Balaban J connectivity index is 3.00. The molecule has 0 heterocycles. The molecular formula is C14H16N2O2. The minimum atomic E-state index is -0.268. The topological polar surface area (TPSA) is 64.3 Å². The van der Waals surface area contributed by atoms with Gasteiger partial charge in [0.1, 0.15) is 17.4 Å². The lowest BCUT2D eigenvalue weighted by Gasteiger charge is -2.17. The number of benzene rings is 1. The van der Waals surface area contributed by atoms with E-state index in [1.165, 1.54) is 18.2 Å². The average molecular weight is 244 g/mol. The normalized spacial score (nSPS) is 10.8. The third kappa shape index (κ3) is 3.36. The Morgan fingerprint density at radius 1 is 1.33 bits per heavy atom. The Kier molecular flexibility index (Phi) is 4.94. The molecule has 4 nitrogen and oxygen atoms in total. The number of likely N-dealkylation sites (N-methyl/N-ethyl adjacent to an activating group) is 1. The highest BCUT2D eigenvalue weighted by atomic mass is 16.3. The zero-order valence-electron chi connectivity index (χ0n) is 10.6. The van der Waals surface area contributed by atoms with Crippen molar-refractivity contribution in [1.29, 1.82) is 5.26 Å². The second-order valence-corrected chi connectivity index (χ2v) is 3.74. The number of phenolic OH excluding ortho intramolecular Hbond substituents is 1. The molecule has 0 saturated heterocycles. The predicted octanol–water partition coefficient (Wildman–Crippen LogP) is 2.17. The first kappa shape index (κ1) is 13.8. The summed E-state index contributed by atoms with van der Waals surface area (Å²) in [6, 6.07) is 8.26. The molecule has 0 aliphatic carbocycles. The fourth-order valence-corrected chi connectivity index (χ4v) is 1.56. The zero-order chi connectivity index (χ0) is 13.5. The second kappa shape index (κ2) is 6.45. The molecule has 0 aliphatic heterocycles. The van der Waals surface area contributed by atoms with Crippen LogP contribution < -0.4 is 0 Å². The molecule has 0 unspecified atom stereocenters. The van der Waals surface area contributed by atoms with Crippen LogP contribution in [-0.4, -0.2) is 29.0 Å². The van der Waals surface area contributed by atoms with Crippen LogP contribution in [0.5, 0.6) is 5.75 Å². The smallest absolute Gasteiger partial charge is 0.264 e. The molecule has 1 amide bonds. The Bertz CT molecular complexity index is 480. The Labute approximate surface area is 107 Å². The standard InChI is InChI=1S/C14H16N2O2/c1-3-16(4-2)14(18)12(10-15)9-11-5-7-13(17)8-6-11/h5-9,17H,3-4H2,1-2H3. The van der Waals surface area contributed by atoms with Crippen molar-refractivity contribution < 1.29 is 9.90 Å². The molecule has 0 atom stereocenters. The van der Waals surface area contributed by atoms with Crippen LogP contribution in [0.1, 0.15) is 19.4 Å². The van der Waals surface area contributed by atoms with Crippen molar-refractivity contribution in [3.05, 3.63) is 35.4 Å². The number of aromatic hydroxyl groups is 1. The molecule has 0 saturated carbocycles. The summed E-state index contributed by atoms with van der Waals surface area (Å²) in [5, 5.41) is 18.2. The summed E-state index contributed by atoms with van der Waals surface area (Å²) >= 11 is 0. The maximum Gasteiger partial charge on any atom is 0.264 e. The Morgan fingerprint density at radius 2 is 1.89 bits per heavy atom. The van der Waals surface area contributed by atoms with Gasteiger partial charge in [0.2, 0.25) is 0 Å². The molecule has 4 heteroatoms. The molecule has 0 fully saturated rings. The first-order valence-electron chi connectivity index (χ1n) is 5.82. The summed E-state index contributed by atoms with van der Waals surface area (Å²) in [6.45, 7) is 4.89. The van der Waals surface area contributed by atoms with E-state index >= 15 is 0 Å². The molecule has 0 aliphatic rings. The Hall–Kier alpha value is -2.28. The number of rotatable bonds is 4. The van der Waals surface area contributed by atoms with Crippen LogP contribution in [0.4, 0.5) is 0 Å². The van der Waals surface area contributed by atoms with Crippen LogP contribution in [0.25, 0.3) is 6.08 Å². The van der Waals surface area contributed by atoms with Crippen LogP contribution in [0.15, 0.2) is 29.8 Å². The molecule has 1 rings (SSSR count). The third-order valence-corrected chi connectivity index (χ3v) is 2.61. The largest absolute Gasteiger partial charge is 0.508 e. The predicted molar refractivity (Wildman–Crippen MR) is 69.6 cm³/mol. The SMILES string of the molecule is CCN(CC)C(=O)C(C#N)=Cc1ccc(O)cc1. The molecule has 1 N–H and O–H groups in total. The van der Waals surface area contributed by atoms with Crippen molar-refractivity contribution in [2.24, 2.45) is 0 Å². The number of nitriles is 1. The van der Waals surface area contributed by atoms with E-state index in [0.717, 1.165) is 0 Å². The summed E-state index contributed by atoms with van der Waals surface area (Å²) in [5.74, 6) is -0.115. The van der Waals surface area contributed by atoms with E-state index in [1.807, 2.05) is 19.9 Å². The highest BCUT2D eigenvalue weighted by Gasteiger charge is 2.14. The molecule has 18 heavy (non-hydrogen) atoms. The summed E-state index contributed by atoms with van der Waals surface area (Å²) in [7, 11) is 0. The van der Waals surface area contributed by atoms with Crippen molar-refractivity contribution in [1.82, 2.24) is 4.90 Å². The van der Waals surface area contributed by atoms with Crippen LogP contribution in [0, 0.1) is 11.3 Å². The lowest BCUT2D eigenvalue weighted by molar-refractivity contribution is -0.126. The fraction of sp³-hybridized carbons (Fsp3) is 0.286. The van der Waals surface area contributed by atoms with Gasteiger partial charge in [-0.3, -0.25) is 4.79 Å². The minimum Gasteiger partial charge on any atom is -0.508 e. The van der Waals surface area contributed by atoms with E-state index in [0.29, 0.717) is 18.7 Å². The van der Waals surface area contributed by atoms with Crippen molar-refractivity contribution in [3.63, 3.8) is 0 Å². The van der Waals surface area contributed by atoms with E-state index in [2.05, 4.69) is 0 Å². The van der Waals surface area contributed by atoms with Crippen LogP contribution in [0.3, 0.4) is 0 Å². The van der Waals surface area contributed by atoms with Gasteiger partial charge in [0.25, 0.3) is 5.91 Å². The number of carbonyl (C=O) groups is 1. The van der Waals surface area contributed by atoms with Crippen molar-refractivity contribution in [2.45, 2.75) is 13.8 Å².